The summed E-state index contributed by atoms with van der Waals surface area (Å²) < 4.78 is 5.00. The van der Waals surface area contributed by atoms with Crippen LogP contribution in [0.15, 0.2) is 29.8 Å². The smallest absolute Gasteiger partial charge is 0.339 e. The van der Waals surface area contributed by atoms with E-state index in [2.05, 4.69) is 0 Å². The lowest BCUT2D eigenvalue weighted by Crippen LogP contribution is -2.08. The second-order valence-corrected chi connectivity index (χ2v) is 3.20. The van der Waals surface area contributed by atoms with Crippen molar-refractivity contribution in [1.29, 1.82) is 0 Å². The Balaban J connectivity index is 3.12. The van der Waals surface area contributed by atoms with E-state index in [0.717, 1.165) is 0 Å². The molecule has 0 aliphatic rings. The van der Waals surface area contributed by atoms with Crippen molar-refractivity contribution in [3.63, 3.8) is 0 Å². The molecule has 4 heteroatoms. The molecule has 0 aliphatic carbocycles. The van der Waals surface area contributed by atoms with Crippen molar-refractivity contribution in [1.82, 2.24) is 0 Å². The van der Waals surface area contributed by atoms with Crippen molar-refractivity contribution in [2.24, 2.45) is 0 Å². The molecule has 84 valence electrons. The van der Waals surface area contributed by atoms with E-state index >= 15 is 0 Å². The second kappa shape index (κ2) is 5.11. The van der Waals surface area contributed by atoms with Gasteiger partial charge in [0, 0.05) is 0 Å². The summed E-state index contributed by atoms with van der Waals surface area (Å²) >= 11 is 0. The van der Waals surface area contributed by atoms with Gasteiger partial charge in [-0.25, -0.2) is 4.79 Å². The van der Waals surface area contributed by atoms with E-state index < -0.39 is 11.8 Å². The first kappa shape index (κ1) is 12.0. The normalized spacial score (nSPS) is 11.0. The number of aliphatic carboxylic acids is 1. The molecule has 0 heterocycles. The van der Waals surface area contributed by atoms with Crippen LogP contribution in [0.3, 0.4) is 0 Å². The number of ether oxygens (including phenoxy) is 1. The first-order valence-corrected chi connectivity index (χ1v) is 4.64. The van der Waals surface area contributed by atoms with Crippen LogP contribution < -0.4 is 4.74 Å². The minimum Gasteiger partial charge on any atom is -0.497 e. The maximum Gasteiger partial charge on any atom is 0.339 e. The lowest BCUT2D eigenvalue weighted by molar-refractivity contribution is -0.134. The van der Waals surface area contributed by atoms with Gasteiger partial charge < -0.3 is 9.84 Å². The lowest BCUT2D eigenvalue weighted by atomic mass is 10.1. The molecule has 1 rings (SSSR count). The molecule has 0 aromatic heterocycles. The van der Waals surface area contributed by atoms with Crippen molar-refractivity contribution in [3.8, 4) is 5.75 Å². The van der Waals surface area contributed by atoms with Gasteiger partial charge in [0.25, 0.3) is 0 Å². The molecule has 1 aromatic carbocycles. The van der Waals surface area contributed by atoms with Gasteiger partial charge in [-0.3, -0.25) is 4.79 Å². The third-order valence-electron chi connectivity index (χ3n) is 2.01. The van der Waals surface area contributed by atoms with Crippen molar-refractivity contribution >= 4 is 17.8 Å². The lowest BCUT2D eigenvalue weighted by Gasteiger charge is -2.01. The fourth-order valence-corrected chi connectivity index (χ4v) is 1.21. The molecule has 0 bridgehead atoms. The Morgan fingerprint density at radius 3 is 2.56 bits per heavy atom. The summed E-state index contributed by atoms with van der Waals surface area (Å²) in [5, 5.41) is 8.81. The summed E-state index contributed by atoms with van der Waals surface area (Å²) in [6, 6.07) is 6.83. The Labute approximate surface area is 93.2 Å². The van der Waals surface area contributed by atoms with Crippen molar-refractivity contribution < 1.29 is 19.4 Å². The summed E-state index contributed by atoms with van der Waals surface area (Å²) in [7, 11) is 1.52. The fraction of sp³-hybridized carbons (Fsp3) is 0.167. The van der Waals surface area contributed by atoms with Crippen LogP contribution in [0.2, 0.25) is 0 Å². The van der Waals surface area contributed by atoms with Gasteiger partial charge in [-0.05, 0) is 30.7 Å². The first-order chi connectivity index (χ1) is 7.54. The van der Waals surface area contributed by atoms with E-state index in [1.54, 1.807) is 24.3 Å². The summed E-state index contributed by atoms with van der Waals surface area (Å²) in [5.41, 5.74) is 0.375. The van der Waals surface area contributed by atoms with Crippen molar-refractivity contribution in [2.75, 3.05) is 7.11 Å². The average molecular weight is 220 g/mol. The topological polar surface area (TPSA) is 63.6 Å². The summed E-state index contributed by atoms with van der Waals surface area (Å²) in [5.74, 6) is -1.09. The van der Waals surface area contributed by atoms with Gasteiger partial charge in [-0.1, -0.05) is 12.1 Å². The molecule has 0 radical (unpaired) electrons. The monoisotopic (exact) mass is 220 g/mol. The van der Waals surface area contributed by atoms with E-state index in [-0.39, 0.29) is 5.57 Å². The van der Waals surface area contributed by atoms with Gasteiger partial charge in [0.05, 0.1) is 7.11 Å². The number of Topliss-reactive ketones (excluding diaryl/α,β-unsaturated/α-hetero) is 1. The minimum atomic E-state index is -1.23. The maximum atomic E-state index is 11.1. The van der Waals surface area contributed by atoms with E-state index in [4.69, 9.17) is 9.84 Å². The van der Waals surface area contributed by atoms with E-state index in [9.17, 15) is 9.59 Å². The number of rotatable bonds is 4. The zero-order valence-corrected chi connectivity index (χ0v) is 9.06. The molecular weight excluding hydrogens is 208 g/mol. The first-order valence-electron chi connectivity index (χ1n) is 4.64. The standard InChI is InChI=1S/C12H12O4/c1-8(13)11(12(14)15)7-9-4-3-5-10(6-9)16-2/h3-7H,1-2H3,(H,14,15). The highest BCUT2D eigenvalue weighted by atomic mass is 16.5. The van der Waals surface area contributed by atoms with Crippen LogP contribution in [0.5, 0.6) is 5.75 Å². The Kier molecular flexibility index (Phi) is 3.83. The largest absolute Gasteiger partial charge is 0.497 e. The number of hydrogen-bond acceptors (Lipinski definition) is 3. The summed E-state index contributed by atoms with van der Waals surface area (Å²) in [6.07, 6.45) is 1.33. The molecule has 0 fully saturated rings. The van der Waals surface area contributed by atoms with Gasteiger partial charge in [-0.15, -0.1) is 0 Å². The van der Waals surface area contributed by atoms with Gasteiger partial charge >= 0.3 is 5.97 Å². The van der Waals surface area contributed by atoms with Crippen LogP contribution in [0.1, 0.15) is 12.5 Å². The Bertz CT molecular complexity index is 430. The highest BCUT2D eigenvalue weighted by Crippen LogP contribution is 2.15. The molecule has 1 N–H and O–H groups in total. The molecule has 0 aliphatic heterocycles. The van der Waals surface area contributed by atoms with E-state index in [1.165, 1.54) is 20.1 Å². The molecule has 0 spiro atoms. The summed E-state index contributed by atoms with van der Waals surface area (Å²) in [4.78, 5) is 21.8. The fourth-order valence-electron chi connectivity index (χ4n) is 1.21. The van der Waals surface area contributed by atoms with Gasteiger partial charge in [0.2, 0.25) is 0 Å². The van der Waals surface area contributed by atoms with Crippen LogP contribution in [0.25, 0.3) is 6.08 Å². The zero-order chi connectivity index (χ0) is 12.1. The van der Waals surface area contributed by atoms with Crippen molar-refractivity contribution in [2.45, 2.75) is 6.92 Å². The third-order valence-corrected chi connectivity index (χ3v) is 2.01. The Morgan fingerprint density at radius 1 is 1.38 bits per heavy atom. The number of hydrogen-bond donors (Lipinski definition) is 1. The Morgan fingerprint density at radius 2 is 2.06 bits per heavy atom. The highest BCUT2D eigenvalue weighted by Gasteiger charge is 2.12. The van der Waals surface area contributed by atoms with Crippen LogP contribution in [-0.4, -0.2) is 24.0 Å². The molecule has 0 saturated carbocycles. The molecule has 0 saturated heterocycles. The number of methoxy groups -OCH3 is 1. The van der Waals surface area contributed by atoms with Crippen LogP contribution >= 0.6 is 0 Å². The van der Waals surface area contributed by atoms with Gasteiger partial charge in [0.15, 0.2) is 5.78 Å². The molecule has 0 unspecified atom stereocenters. The molecule has 0 amide bonds. The maximum absolute atomic E-state index is 11.1. The highest BCUT2D eigenvalue weighted by molar-refractivity contribution is 6.19. The molecular formula is C12H12O4. The molecule has 1 aromatic rings. The number of carboxylic acid groups (broad SMARTS) is 1. The van der Waals surface area contributed by atoms with Crippen LogP contribution in [0, 0.1) is 0 Å². The Hall–Kier alpha value is -2.10. The van der Waals surface area contributed by atoms with Crippen LogP contribution in [0.4, 0.5) is 0 Å². The molecule has 0 atom stereocenters. The number of carboxylic acids is 1. The van der Waals surface area contributed by atoms with E-state index in [0.29, 0.717) is 11.3 Å². The van der Waals surface area contributed by atoms with Crippen molar-refractivity contribution in [3.05, 3.63) is 35.4 Å². The zero-order valence-electron chi connectivity index (χ0n) is 9.06. The second-order valence-electron chi connectivity index (χ2n) is 3.20. The van der Waals surface area contributed by atoms with Gasteiger partial charge in [-0.2, -0.15) is 0 Å². The number of benzene rings is 1. The molecule has 16 heavy (non-hydrogen) atoms. The average Bonchev–Trinajstić information content (AvgIpc) is 2.25. The van der Waals surface area contributed by atoms with Gasteiger partial charge in [0.1, 0.15) is 11.3 Å². The quantitative estimate of drug-likeness (QED) is 0.477. The third kappa shape index (κ3) is 2.95. The predicted molar refractivity (Wildman–Crippen MR) is 59.3 cm³/mol. The SMILES string of the molecule is COc1cccc(C=C(C(C)=O)C(=O)O)c1. The number of carbonyl (C=O) groups excluding carboxylic acids is 1. The predicted octanol–water partition coefficient (Wildman–Crippen LogP) is 1.75. The molecule has 4 nitrogen and oxygen atoms in total. The minimum absolute atomic E-state index is 0.242. The number of carbonyl (C=O) groups is 2. The number of ketones is 1. The van der Waals surface area contributed by atoms with E-state index in [1.807, 2.05) is 0 Å². The summed E-state index contributed by atoms with van der Waals surface area (Å²) in [6.45, 7) is 1.22. The van der Waals surface area contributed by atoms with Crippen LogP contribution in [-0.2, 0) is 9.59 Å².